The first-order chi connectivity index (χ1) is 11.0. The van der Waals surface area contributed by atoms with Crippen molar-refractivity contribution in [3.05, 3.63) is 12.1 Å². The Kier molecular flexibility index (Phi) is 8.01. The Balaban J connectivity index is 2.64. The number of hydrogen-bond donors (Lipinski definition) is 1. The number of nitrogens with two attached hydrogens (primary N) is 1. The molecule has 0 saturated carbocycles. The van der Waals surface area contributed by atoms with Gasteiger partial charge in [0, 0.05) is 45.0 Å². The largest absolute Gasteiger partial charge is 0.474 e. The highest BCUT2D eigenvalue weighted by Gasteiger charge is 2.09. The Bertz CT molecular complexity index is 488. The Morgan fingerprint density at radius 3 is 2.39 bits per heavy atom. The summed E-state index contributed by atoms with van der Waals surface area (Å²) in [6.07, 6.45) is 1.71. The van der Waals surface area contributed by atoms with Gasteiger partial charge in [0.25, 0.3) is 0 Å². The molecule has 0 unspecified atom stereocenters. The summed E-state index contributed by atoms with van der Waals surface area (Å²) < 4.78 is 10.6. The molecule has 130 valence electrons. The summed E-state index contributed by atoms with van der Waals surface area (Å²) in [5, 5.41) is 0. The van der Waals surface area contributed by atoms with Crippen LogP contribution in [0.15, 0.2) is 12.1 Å². The van der Waals surface area contributed by atoms with Crippen LogP contribution in [0.2, 0.25) is 0 Å². The van der Waals surface area contributed by atoms with Crippen LogP contribution in [-0.2, 0) is 4.74 Å². The Morgan fingerprint density at radius 1 is 1.17 bits per heavy atom. The van der Waals surface area contributed by atoms with Crippen molar-refractivity contribution in [2.45, 2.75) is 26.7 Å². The van der Waals surface area contributed by atoms with E-state index in [0.717, 1.165) is 31.6 Å². The van der Waals surface area contributed by atoms with Crippen LogP contribution in [0, 0.1) is 0 Å². The predicted molar refractivity (Wildman–Crippen MR) is 92.0 cm³/mol. The second-order valence-electron chi connectivity index (χ2n) is 5.43. The number of nitrogen functional groups attached to an aromatic ring is 1. The van der Waals surface area contributed by atoms with Crippen molar-refractivity contribution in [1.82, 2.24) is 9.88 Å². The lowest BCUT2D eigenvalue weighted by Crippen LogP contribution is -2.25. The van der Waals surface area contributed by atoms with Gasteiger partial charge in [-0.2, -0.15) is 4.98 Å². The van der Waals surface area contributed by atoms with Crippen LogP contribution in [0.25, 0.3) is 0 Å². The SMILES string of the molecule is CCCN(CCC)c1cc(N)nc(OCCOC(=O)N(C)C)c1. The number of rotatable bonds is 9. The molecular formula is C16H28N4O3. The van der Waals surface area contributed by atoms with Gasteiger partial charge in [-0.05, 0) is 12.8 Å². The number of aromatic nitrogens is 1. The van der Waals surface area contributed by atoms with Gasteiger partial charge in [-0.3, -0.25) is 0 Å². The minimum Gasteiger partial charge on any atom is -0.474 e. The van der Waals surface area contributed by atoms with Gasteiger partial charge in [0.15, 0.2) is 0 Å². The van der Waals surface area contributed by atoms with Gasteiger partial charge in [-0.1, -0.05) is 13.8 Å². The Morgan fingerprint density at radius 2 is 1.83 bits per heavy atom. The molecule has 7 nitrogen and oxygen atoms in total. The molecule has 0 saturated heterocycles. The number of hydrogen-bond acceptors (Lipinski definition) is 6. The minimum atomic E-state index is -0.396. The van der Waals surface area contributed by atoms with E-state index in [1.165, 1.54) is 4.90 Å². The van der Waals surface area contributed by atoms with Crippen molar-refractivity contribution >= 4 is 17.6 Å². The molecule has 1 aromatic heterocycles. The van der Waals surface area contributed by atoms with Crippen LogP contribution in [-0.4, -0.2) is 56.4 Å². The molecule has 7 heteroatoms. The molecule has 0 aliphatic carbocycles. The molecule has 1 rings (SSSR count). The maximum Gasteiger partial charge on any atom is 0.409 e. The molecule has 0 aliphatic rings. The summed E-state index contributed by atoms with van der Waals surface area (Å²) in [6, 6.07) is 3.72. The first-order valence-electron chi connectivity index (χ1n) is 7.97. The fourth-order valence-electron chi connectivity index (χ4n) is 2.08. The van der Waals surface area contributed by atoms with E-state index >= 15 is 0 Å². The summed E-state index contributed by atoms with van der Waals surface area (Å²) in [7, 11) is 3.26. The molecule has 0 atom stereocenters. The predicted octanol–water partition coefficient (Wildman–Crippen LogP) is 2.37. The first kappa shape index (κ1) is 18.9. The number of nitrogens with zero attached hydrogens (tertiary/aromatic N) is 3. The van der Waals surface area contributed by atoms with Crippen LogP contribution in [0.4, 0.5) is 16.3 Å². The van der Waals surface area contributed by atoms with E-state index < -0.39 is 6.09 Å². The molecule has 1 aromatic rings. The monoisotopic (exact) mass is 324 g/mol. The summed E-state index contributed by atoms with van der Waals surface area (Å²) in [4.78, 5) is 19.1. The van der Waals surface area contributed by atoms with E-state index in [1.54, 1.807) is 14.1 Å². The summed E-state index contributed by atoms with van der Waals surface area (Å²) in [6.45, 7) is 6.59. The van der Waals surface area contributed by atoms with E-state index in [9.17, 15) is 4.79 Å². The molecule has 2 N–H and O–H groups in total. The fraction of sp³-hybridized carbons (Fsp3) is 0.625. The Labute approximate surface area is 138 Å². The number of amides is 1. The molecule has 0 fully saturated rings. The van der Waals surface area contributed by atoms with Gasteiger partial charge in [-0.25, -0.2) is 4.79 Å². The maximum atomic E-state index is 11.3. The van der Waals surface area contributed by atoms with Crippen molar-refractivity contribution in [1.29, 1.82) is 0 Å². The molecule has 0 aliphatic heterocycles. The lowest BCUT2D eigenvalue weighted by Gasteiger charge is -2.24. The van der Waals surface area contributed by atoms with Gasteiger partial charge < -0.3 is 25.0 Å². The van der Waals surface area contributed by atoms with Gasteiger partial charge in [0.1, 0.15) is 19.0 Å². The average molecular weight is 324 g/mol. The van der Waals surface area contributed by atoms with Crippen LogP contribution in [0.5, 0.6) is 5.88 Å². The van der Waals surface area contributed by atoms with Crippen molar-refractivity contribution in [3.63, 3.8) is 0 Å². The normalized spacial score (nSPS) is 10.3. The fourth-order valence-corrected chi connectivity index (χ4v) is 2.08. The van der Waals surface area contributed by atoms with E-state index in [-0.39, 0.29) is 13.2 Å². The lowest BCUT2D eigenvalue weighted by atomic mass is 10.3. The zero-order valence-electron chi connectivity index (χ0n) is 14.5. The summed E-state index contributed by atoms with van der Waals surface area (Å²) in [5.41, 5.74) is 6.87. The van der Waals surface area contributed by atoms with E-state index in [1.807, 2.05) is 12.1 Å². The highest BCUT2D eigenvalue weighted by molar-refractivity contribution is 5.66. The molecule has 0 aromatic carbocycles. The third-order valence-corrected chi connectivity index (χ3v) is 3.08. The second kappa shape index (κ2) is 9.76. The van der Waals surface area contributed by atoms with Crippen molar-refractivity contribution < 1.29 is 14.3 Å². The van der Waals surface area contributed by atoms with Gasteiger partial charge >= 0.3 is 6.09 Å². The number of anilines is 2. The average Bonchev–Trinajstić information content (AvgIpc) is 2.50. The summed E-state index contributed by atoms with van der Waals surface area (Å²) >= 11 is 0. The standard InChI is InChI=1S/C16H28N4O3/c1-5-7-20(8-6-2)13-11-14(17)18-15(12-13)22-9-10-23-16(21)19(3)4/h11-12H,5-10H2,1-4H3,(H2,17,18). The van der Waals surface area contributed by atoms with Crippen molar-refractivity contribution in [3.8, 4) is 5.88 Å². The molecule has 0 radical (unpaired) electrons. The third-order valence-electron chi connectivity index (χ3n) is 3.08. The highest BCUT2D eigenvalue weighted by Crippen LogP contribution is 2.23. The van der Waals surface area contributed by atoms with E-state index in [0.29, 0.717) is 11.7 Å². The highest BCUT2D eigenvalue weighted by atomic mass is 16.6. The van der Waals surface area contributed by atoms with Crippen LogP contribution >= 0.6 is 0 Å². The topological polar surface area (TPSA) is 80.9 Å². The zero-order chi connectivity index (χ0) is 17.2. The van der Waals surface area contributed by atoms with Crippen LogP contribution in [0.3, 0.4) is 0 Å². The quantitative estimate of drug-likeness (QED) is 0.702. The van der Waals surface area contributed by atoms with Crippen molar-refractivity contribution in [2.75, 3.05) is 51.0 Å². The van der Waals surface area contributed by atoms with Crippen LogP contribution in [0.1, 0.15) is 26.7 Å². The first-order valence-corrected chi connectivity index (χ1v) is 7.97. The molecule has 1 amide bonds. The number of ether oxygens (including phenoxy) is 2. The molecule has 1 heterocycles. The number of carbonyl (C=O) groups is 1. The minimum absolute atomic E-state index is 0.163. The molecule has 23 heavy (non-hydrogen) atoms. The van der Waals surface area contributed by atoms with E-state index in [2.05, 4.69) is 23.7 Å². The zero-order valence-corrected chi connectivity index (χ0v) is 14.5. The summed E-state index contributed by atoms with van der Waals surface area (Å²) in [5.74, 6) is 0.859. The van der Waals surface area contributed by atoms with Crippen LogP contribution < -0.4 is 15.4 Å². The molecular weight excluding hydrogens is 296 g/mol. The maximum absolute atomic E-state index is 11.3. The smallest absolute Gasteiger partial charge is 0.409 e. The van der Waals surface area contributed by atoms with Crippen molar-refractivity contribution in [2.24, 2.45) is 0 Å². The van der Waals surface area contributed by atoms with Gasteiger partial charge in [0.2, 0.25) is 5.88 Å². The third kappa shape index (κ3) is 6.63. The Hall–Kier alpha value is -2.18. The molecule has 0 bridgehead atoms. The molecule has 0 spiro atoms. The lowest BCUT2D eigenvalue weighted by molar-refractivity contribution is 0.101. The van der Waals surface area contributed by atoms with Gasteiger partial charge in [0.05, 0.1) is 0 Å². The second-order valence-corrected chi connectivity index (χ2v) is 5.43. The number of pyridine rings is 1. The number of carbonyl (C=O) groups excluding carboxylic acids is 1. The van der Waals surface area contributed by atoms with E-state index in [4.69, 9.17) is 15.2 Å². The van der Waals surface area contributed by atoms with Gasteiger partial charge in [-0.15, -0.1) is 0 Å².